The molecule has 238 valence electrons. The highest BCUT2D eigenvalue weighted by Crippen LogP contribution is 2.41. The lowest BCUT2D eigenvalue weighted by Gasteiger charge is -2.20. The minimum Gasteiger partial charge on any atom is -0.455 e. The van der Waals surface area contributed by atoms with Crippen molar-refractivity contribution in [1.29, 1.82) is 0 Å². The maximum Gasteiger partial charge on any atom is 0.296 e. The lowest BCUT2D eigenvalue weighted by molar-refractivity contribution is -0.556. The molecule has 9 rings (SSSR count). The molecule has 0 saturated heterocycles. The van der Waals surface area contributed by atoms with Gasteiger partial charge in [-0.05, 0) is 99.4 Å². The molecule has 3 heteroatoms. The van der Waals surface area contributed by atoms with E-state index in [4.69, 9.17) is 8.53 Å². The number of nitrogens with one attached hydrogen (secondary N) is 1. The molecule has 0 aliphatic heterocycles. The first kappa shape index (κ1) is 26.3. The number of aromatic amines is 1. The van der Waals surface area contributed by atoms with Crippen LogP contribution in [0.3, 0.4) is 0 Å². The number of rotatable bonds is 5. The molecule has 9 aromatic rings. The zero-order chi connectivity index (χ0) is 35.9. The van der Waals surface area contributed by atoms with E-state index in [1.807, 2.05) is 24.3 Å². The molecule has 0 spiro atoms. The van der Waals surface area contributed by atoms with Gasteiger partial charge in [-0.3, -0.25) is 0 Å². The van der Waals surface area contributed by atoms with Crippen molar-refractivity contribution in [2.75, 3.05) is 0 Å². The third-order valence-electron chi connectivity index (χ3n) is 10.1. The predicted octanol–water partition coefficient (Wildman–Crippen LogP) is 12.5. The Morgan fingerprint density at radius 1 is 0.612 bits per heavy atom. The van der Waals surface area contributed by atoms with Gasteiger partial charge >= 0.3 is 0 Å². The Morgan fingerprint density at radius 2 is 1.35 bits per heavy atom. The zero-order valence-electron chi connectivity index (χ0n) is 31.1. The molecule has 3 nitrogen and oxygen atoms in total. The fourth-order valence-electron chi connectivity index (χ4n) is 7.68. The highest BCUT2D eigenvalue weighted by Gasteiger charge is 2.31. The van der Waals surface area contributed by atoms with Crippen molar-refractivity contribution in [2.24, 2.45) is 0 Å². The van der Waals surface area contributed by atoms with Crippen molar-refractivity contribution >= 4 is 54.5 Å². The van der Waals surface area contributed by atoms with Crippen LogP contribution < -0.4 is 4.57 Å². The lowest BCUT2D eigenvalue weighted by Crippen LogP contribution is -2.35. The van der Waals surface area contributed by atoms with Crippen LogP contribution in [-0.4, -0.2) is 4.98 Å². The van der Waals surface area contributed by atoms with E-state index in [1.54, 1.807) is 6.07 Å². The van der Waals surface area contributed by atoms with Crippen LogP contribution in [0.5, 0.6) is 0 Å². The van der Waals surface area contributed by atoms with Crippen molar-refractivity contribution in [3.63, 3.8) is 0 Å². The van der Waals surface area contributed by atoms with E-state index in [1.165, 1.54) is 27.9 Å². The largest absolute Gasteiger partial charge is 0.455 e. The summed E-state index contributed by atoms with van der Waals surface area (Å²) in [4.78, 5) is 3.82. The van der Waals surface area contributed by atoms with E-state index >= 15 is 0 Å². The topological polar surface area (TPSA) is 32.8 Å². The number of hydrogen-bond acceptors (Lipinski definition) is 1. The molecule has 0 aliphatic rings. The SMILES string of the molecule is [2H]C([2H])([2H])c1cccc2c1ccc1cc3c(cc12)oc1c(-c2[nH]c4ccccc4[n+]2-c2c(C(C)C)cc(-c4ccccc4)cc2C(C)C)cccc13. The molecule has 0 saturated carbocycles. The lowest BCUT2D eigenvalue weighted by atomic mass is 9.88. The number of H-pyrrole nitrogens is 1. The summed E-state index contributed by atoms with van der Waals surface area (Å²) >= 11 is 0. The highest BCUT2D eigenvalue weighted by atomic mass is 16.3. The molecule has 0 atom stereocenters. The number of para-hydroxylation sites is 3. The molecule has 1 N–H and O–H groups in total. The Morgan fingerprint density at radius 3 is 2.12 bits per heavy atom. The molecule has 0 unspecified atom stereocenters. The third-order valence-corrected chi connectivity index (χ3v) is 10.1. The van der Waals surface area contributed by atoms with Crippen LogP contribution >= 0.6 is 0 Å². The monoisotopic (exact) mass is 638 g/mol. The zero-order valence-corrected chi connectivity index (χ0v) is 28.1. The first-order chi connectivity index (χ1) is 25.1. The summed E-state index contributed by atoms with van der Waals surface area (Å²) in [5, 5.41) is 5.71. The van der Waals surface area contributed by atoms with Crippen molar-refractivity contribution in [3.05, 3.63) is 144 Å². The van der Waals surface area contributed by atoms with Crippen LogP contribution in [0.4, 0.5) is 0 Å². The second kappa shape index (κ2) is 11.2. The van der Waals surface area contributed by atoms with Crippen molar-refractivity contribution in [3.8, 4) is 28.2 Å². The first-order valence-corrected chi connectivity index (χ1v) is 17.2. The summed E-state index contributed by atoms with van der Waals surface area (Å²) in [5.74, 6) is 1.49. The van der Waals surface area contributed by atoms with Gasteiger partial charge in [0.25, 0.3) is 5.82 Å². The maximum atomic E-state index is 8.13. The third kappa shape index (κ3) is 4.60. The number of aromatic nitrogens is 2. The molecule has 49 heavy (non-hydrogen) atoms. The Kier molecular flexibility index (Phi) is 6.01. The molecule has 0 radical (unpaired) electrons. The van der Waals surface area contributed by atoms with Crippen molar-refractivity contribution < 1.29 is 13.1 Å². The summed E-state index contributed by atoms with van der Waals surface area (Å²) in [6.07, 6.45) is 0. The van der Waals surface area contributed by atoms with E-state index < -0.39 is 6.85 Å². The number of furan rings is 1. The fourth-order valence-corrected chi connectivity index (χ4v) is 7.68. The molecule has 2 heterocycles. The second-order valence-corrected chi connectivity index (χ2v) is 13.8. The first-order valence-electron chi connectivity index (χ1n) is 18.7. The Hall–Kier alpha value is -5.67. The summed E-state index contributed by atoms with van der Waals surface area (Å²) in [5.41, 5.74) is 11.3. The van der Waals surface area contributed by atoms with Gasteiger partial charge in [-0.15, -0.1) is 0 Å². The average molecular weight is 639 g/mol. The van der Waals surface area contributed by atoms with Gasteiger partial charge in [0.2, 0.25) is 0 Å². The average Bonchev–Trinajstić information content (AvgIpc) is 3.71. The fraction of sp³-hybridized carbons (Fsp3) is 0.152. The van der Waals surface area contributed by atoms with Gasteiger partial charge in [0, 0.05) is 26.0 Å². The summed E-state index contributed by atoms with van der Waals surface area (Å²) in [7, 11) is 0. The molecule has 2 aromatic heterocycles. The number of benzene rings is 7. The maximum absolute atomic E-state index is 8.13. The van der Waals surface area contributed by atoms with Gasteiger partial charge < -0.3 is 4.42 Å². The van der Waals surface area contributed by atoms with E-state index in [0.717, 1.165) is 65.9 Å². The second-order valence-electron chi connectivity index (χ2n) is 13.8. The highest BCUT2D eigenvalue weighted by molar-refractivity contribution is 6.17. The smallest absolute Gasteiger partial charge is 0.296 e. The van der Waals surface area contributed by atoms with E-state index in [-0.39, 0.29) is 11.8 Å². The van der Waals surface area contributed by atoms with Crippen LogP contribution in [0.1, 0.15) is 60.3 Å². The number of hydrogen-bond donors (Lipinski definition) is 1. The molecule has 7 aromatic carbocycles. The summed E-state index contributed by atoms with van der Waals surface area (Å²) < 4.78 is 33.7. The van der Waals surface area contributed by atoms with Gasteiger partial charge in [0.15, 0.2) is 16.6 Å². The minimum atomic E-state index is -2.20. The number of imidazole rings is 1. The number of nitrogens with zero attached hydrogens (tertiary/aromatic N) is 1. The minimum absolute atomic E-state index is 0.264. The van der Waals surface area contributed by atoms with Crippen molar-refractivity contribution in [1.82, 2.24) is 4.98 Å². The number of fused-ring (bicyclic) bond motifs is 7. The van der Waals surface area contributed by atoms with Gasteiger partial charge in [0.05, 0.1) is 0 Å². The molecular formula is C46H39N2O+. The van der Waals surface area contributed by atoms with Crippen LogP contribution in [0.15, 0.2) is 132 Å². The van der Waals surface area contributed by atoms with Crippen molar-refractivity contribution in [2.45, 2.75) is 46.4 Å². The Labute approximate surface area is 290 Å². The van der Waals surface area contributed by atoms with Crippen LogP contribution in [0.2, 0.25) is 0 Å². The molecule has 0 fully saturated rings. The van der Waals surface area contributed by atoms with Gasteiger partial charge in [-0.2, -0.15) is 4.57 Å². The molecule has 0 bridgehead atoms. The molecule has 0 aliphatic carbocycles. The van der Waals surface area contributed by atoms with E-state index in [2.05, 4.69) is 134 Å². The predicted molar refractivity (Wildman–Crippen MR) is 206 cm³/mol. The van der Waals surface area contributed by atoms with E-state index in [9.17, 15) is 0 Å². The number of aryl methyl sites for hydroxylation is 1. The van der Waals surface area contributed by atoms with Crippen LogP contribution in [0.25, 0.3) is 82.7 Å². The van der Waals surface area contributed by atoms with Crippen LogP contribution in [-0.2, 0) is 0 Å². The Bertz CT molecular complexity index is 2810. The van der Waals surface area contributed by atoms with Gasteiger partial charge in [-0.25, -0.2) is 4.98 Å². The van der Waals surface area contributed by atoms with Crippen LogP contribution in [0, 0.1) is 6.85 Å². The normalized spacial score (nSPS) is 13.3. The Balaban J connectivity index is 1.33. The summed E-state index contributed by atoms with van der Waals surface area (Å²) in [6, 6.07) is 44.1. The quantitative estimate of drug-likeness (QED) is 0.148. The molecular weight excluding hydrogens is 597 g/mol. The van der Waals surface area contributed by atoms with Gasteiger partial charge in [0.1, 0.15) is 16.8 Å². The summed E-state index contributed by atoms with van der Waals surface area (Å²) in [6.45, 7) is 6.92. The van der Waals surface area contributed by atoms with Gasteiger partial charge in [-0.1, -0.05) is 113 Å². The standard InChI is InChI=1S/C46H38N2O/c1-27(2)37-24-32(30-14-7-6-8-15-30)25-38(28(3)4)44(37)48-42-20-10-9-19-41(42)47-46(48)36-18-12-17-35-40-23-31-21-22-33-29(5)13-11-16-34(33)39(31)26-43(40)49-45(35)36/h6-28H,1-5H3/p+1/i5D3. The van der Waals surface area contributed by atoms with E-state index in [0.29, 0.717) is 5.56 Å². The molecule has 0 amide bonds.